The van der Waals surface area contributed by atoms with Crippen molar-refractivity contribution in [3.05, 3.63) is 48.2 Å². The van der Waals surface area contributed by atoms with Gasteiger partial charge in [0.1, 0.15) is 0 Å². The number of ether oxygens (including phenoxy) is 1. The fourth-order valence-electron chi connectivity index (χ4n) is 1.71. The highest BCUT2D eigenvalue weighted by atomic mass is 35.5. The van der Waals surface area contributed by atoms with Gasteiger partial charge in [0.25, 0.3) is 0 Å². The summed E-state index contributed by atoms with van der Waals surface area (Å²) in [6, 6.07) is 11.7. The number of rotatable bonds is 4. The van der Waals surface area contributed by atoms with Crippen LogP contribution in [0.5, 0.6) is 5.88 Å². The van der Waals surface area contributed by atoms with E-state index in [4.69, 9.17) is 16.3 Å². The maximum atomic E-state index is 6.16. The Labute approximate surface area is 112 Å². The first-order chi connectivity index (χ1) is 8.70. The van der Waals surface area contributed by atoms with E-state index in [1.54, 1.807) is 13.3 Å². The van der Waals surface area contributed by atoms with Crippen LogP contribution in [-0.2, 0) is 0 Å². The van der Waals surface area contributed by atoms with Crippen molar-refractivity contribution in [2.24, 2.45) is 0 Å². The van der Waals surface area contributed by atoms with Crippen molar-refractivity contribution in [1.29, 1.82) is 0 Å². The number of para-hydroxylation sites is 1. The van der Waals surface area contributed by atoms with E-state index >= 15 is 0 Å². The Morgan fingerprint density at radius 1 is 1.28 bits per heavy atom. The molecular formula is C14H15ClN2O. The maximum Gasteiger partial charge on any atom is 0.214 e. The number of halogens is 1. The van der Waals surface area contributed by atoms with Gasteiger partial charge in [-0.15, -0.1) is 11.6 Å². The summed E-state index contributed by atoms with van der Waals surface area (Å²) in [5.74, 6) is 0.580. The molecule has 0 saturated heterocycles. The third kappa shape index (κ3) is 2.93. The minimum absolute atomic E-state index is 0.0440. The number of benzene rings is 1. The number of aromatic nitrogens is 1. The van der Waals surface area contributed by atoms with Gasteiger partial charge in [0.15, 0.2) is 0 Å². The van der Waals surface area contributed by atoms with Gasteiger partial charge in [0, 0.05) is 23.6 Å². The number of methoxy groups -OCH3 is 1. The molecule has 2 aromatic rings. The maximum absolute atomic E-state index is 6.16. The van der Waals surface area contributed by atoms with E-state index in [2.05, 4.69) is 10.3 Å². The van der Waals surface area contributed by atoms with Gasteiger partial charge in [0.2, 0.25) is 5.88 Å². The smallest absolute Gasteiger partial charge is 0.214 e. The monoisotopic (exact) mass is 262 g/mol. The number of anilines is 2. The van der Waals surface area contributed by atoms with Crippen LogP contribution in [0.2, 0.25) is 0 Å². The molecule has 0 bridgehead atoms. The molecule has 18 heavy (non-hydrogen) atoms. The zero-order valence-electron chi connectivity index (χ0n) is 10.4. The quantitative estimate of drug-likeness (QED) is 0.841. The average molecular weight is 263 g/mol. The molecule has 3 nitrogen and oxygen atoms in total. The summed E-state index contributed by atoms with van der Waals surface area (Å²) in [5, 5.41) is 3.28. The molecule has 0 aliphatic carbocycles. The van der Waals surface area contributed by atoms with E-state index in [1.807, 2.05) is 43.3 Å². The number of pyridine rings is 1. The van der Waals surface area contributed by atoms with Crippen LogP contribution in [0, 0.1) is 0 Å². The Bertz CT molecular complexity index is 529. The fraction of sp³-hybridized carbons (Fsp3) is 0.214. The van der Waals surface area contributed by atoms with Gasteiger partial charge in [-0.1, -0.05) is 18.2 Å². The third-order valence-electron chi connectivity index (χ3n) is 2.61. The summed E-state index contributed by atoms with van der Waals surface area (Å²) in [6.45, 7) is 1.95. The Morgan fingerprint density at radius 2 is 2.06 bits per heavy atom. The number of nitrogens with zero attached hydrogens (tertiary/aromatic N) is 1. The Balaban J connectivity index is 2.28. The minimum atomic E-state index is -0.0440. The van der Waals surface area contributed by atoms with E-state index in [0.717, 1.165) is 16.9 Å². The molecule has 1 unspecified atom stereocenters. The van der Waals surface area contributed by atoms with Gasteiger partial charge in [-0.3, -0.25) is 0 Å². The van der Waals surface area contributed by atoms with Gasteiger partial charge >= 0.3 is 0 Å². The second-order valence-corrected chi connectivity index (χ2v) is 4.57. The summed E-state index contributed by atoms with van der Waals surface area (Å²) in [6.07, 6.45) is 1.70. The van der Waals surface area contributed by atoms with Crippen molar-refractivity contribution in [2.45, 2.75) is 12.3 Å². The van der Waals surface area contributed by atoms with E-state index < -0.39 is 0 Å². The lowest BCUT2D eigenvalue weighted by Gasteiger charge is -2.13. The predicted octanol–water partition coefficient (Wildman–Crippen LogP) is 4.13. The van der Waals surface area contributed by atoms with Gasteiger partial charge in [-0.05, 0) is 24.6 Å². The van der Waals surface area contributed by atoms with Gasteiger partial charge in [-0.25, -0.2) is 4.98 Å². The van der Waals surface area contributed by atoms with E-state index in [9.17, 15) is 0 Å². The first-order valence-corrected chi connectivity index (χ1v) is 6.14. The van der Waals surface area contributed by atoms with Crippen LogP contribution in [-0.4, -0.2) is 12.1 Å². The number of nitrogens with one attached hydrogen (secondary N) is 1. The predicted molar refractivity (Wildman–Crippen MR) is 74.8 cm³/mol. The van der Waals surface area contributed by atoms with Crippen molar-refractivity contribution in [3.8, 4) is 5.88 Å². The SMILES string of the molecule is COc1cc(Nc2ccccc2C(C)Cl)ccn1. The standard InChI is InChI=1S/C14H15ClN2O/c1-10(15)12-5-3-4-6-13(12)17-11-7-8-16-14(9-11)18-2/h3-10H,1-2H3,(H,16,17). The fourth-order valence-corrected chi connectivity index (χ4v) is 1.90. The normalized spacial score (nSPS) is 11.9. The van der Waals surface area contributed by atoms with Crippen LogP contribution < -0.4 is 10.1 Å². The van der Waals surface area contributed by atoms with Crippen LogP contribution in [0.25, 0.3) is 0 Å². The van der Waals surface area contributed by atoms with Crippen molar-refractivity contribution >= 4 is 23.0 Å². The second kappa shape index (κ2) is 5.74. The minimum Gasteiger partial charge on any atom is -0.481 e. The average Bonchev–Trinajstić information content (AvgIpc) is 2.39. The van der Waals surface area contributed by atoms with Crippen molar-refractivity contribution in [3.63, 3.8) is 0 Å². The highest BCUT2D eigenvalue weighted by Gasteiger charge is 2.07. The molecule has 0 spiro atoms. The topological polar surface area (TPSA) is 34.1 Å². The largest absolute Gasteiger partial charge is 0.481 e. The van der Waals surface area contributed by atoms with E-state index in [0.29, 0.717) is 5.88 Å². The molecule has 0 fully saturated rings. The van der Waals surface area contributed by atoms with Crippen LogP contribution in [0.3, 0.4) is 0 Å². The van der Waals surface area contributed by atoms with Crippen LogP contribution in [0.1, 0.15) is 17.9 Å². The van der Waals surface area contributed by atoms with Gasteiger partial charge in [0.05, 0.1) is 12.5 Å². The van der Waals surface area contributed by atoms with Gasteiger partial charge < -0.3 is 10.1 Å². The Hall–Kier alpha value is -1.74. The first-order valence-electron chi connectivity index (χ1n) is 5.71. The lowest BCUT2D eigenvalue weighted by molar-refractivity contribution is 0.398. The summed E-state index contributed by atoms with van der Waals surface area (Å²) < 4.78 is 5.09. The molecule has 0 saturated carbocycles. The lowest BCUT2D eigenvalue weighted by atomic mass is 10.1. The van der Waals surface area contributed by atoms with Gasteiger partial charge in [-0.2, -0.15) is 0 Å². The zero-order valence-corrected chi connectivity index (χ0v) is 11.1. The van der Waals surface area contributed by atoms with Crippen molar-refractivity contribution < 1.29 is 4.74 Å². The third-order valence-corrected chi connectivity index (χ3v) is 2.85. The molecule has 1 aromatic carbocycles. The van der Waals surface area contributed by atoms with Crippen LogP contribution >= 0.6 is 11.6 Å². The molecule has 94 valence electrons. The molecule has 1 aromatic heterocycles. The van der Waals surface area contributed by atoms with Crippen LogP contribution in [0.4, 0.5) is 11.4 Å². The molecule has 4 heteroatoms. The molecule has 1 atom stereocenters. The van der Waals surface area contributed by atoms with E-state index in [1.165, 1.54) is 0 Å². The summed E-state index contributed by atoms with van der Waals surface area (Å²) in [4.78, 5) is 4.07. The zero-order chi connectivity index (χ0) is 13.0. The lowest BCUT2D eigenvalue weighted by Crippen LogP contribution is -1.97. The highest BCUT2D eigenvalue weighted by Crippen LogP contribution is 2.29. The molecule has 0 radical (unpaired) electrons. The molecule has 0 aliphatic rings. The molecule has 1 heterocycles. The number of hydrogen-bond acceptors (Lipinski definition) is 3. The van der Waals surface area contributed by atoms with Crippen LogP contribution in [0.15, 0.2) is 42.6 Å². The first kappa shape index (κ1) is 12.7. The van der Waals surface area contributed by atoms with E-state index in [-0.39, 0.29) is 5.38 Å². The number of hydrogen-bond donors (Lipinski definition) is 1. The highest BCUT2D eigenvalue weighted by molar-refractivity contribution is 6.21. The molecular weight excluding hydrogens is 248 g/mol. The molecule has 0 aliphatic heterocycles. The Kier molecular flexibility index (Phi) is 4.05. The molecule has 0 amide bonds. The summed E-state index contributed by atoms with van der Waals surface area (Å²) in [5.41, 5.74) is 2.98. The molecule has 2 rings (SSSR count). The van der Waals surface area contributed by atoms with Crippen molar-refractivity contribution in [2.75, 3.05) is 12.4 Å². The number of alkyl halides is 1. The summed E-state index contributed by atoms with van der Waals surface area (Å²) >= 11 is 6.16. The summed E-state index contributed by atoms with van der Waals surface area (Å²) in [7, 11) is 1.60. The van der Waals surface area contributed by atoms with Crippen molar-refractivity contribution in [1.82, 2.24) is 4.98 Å². The second-order valence-electron chi connectivity index (χ2n) is 3.92. The Morgan fingerprint density at radius 3 is 2.78 bits per heavy atom. The molecule has 1 N–H and O–H groups in total.